The number of Topliss-reactive ketones (excluding diaryl/α,β-unsaturated/α-hetero) is 1. The Hall–Kier alpha value is -3.28. The number of likely N-dealkylation sites (tertiary alicyclic amines) is 1. The van der Waals surface area contributed by atoms with Crippen LogP contribution in [0.25, 0.3) is 5.76 Å². The summed E-state index contributed by atoms with van der Waals surface area (Å²) >= 11 is 0. The number of amides is 1. The first-order valence-corrected chi connectivity index (χ1v) is 7.62. The Morgan fingerprint density at radius 1 is 1.12 bits per heavy atom. The van der Waals surface area contributed by atoms with Gasteiger partial charge in [0.2, 0.25) is 0 Å². The van der Waals surface area contributed by atoms with Gasteiger partial charge >= 0.3 is 0 Å². The molecule has 1 aliphatic heterocycles. The van der Waals surface area contributed by atoms with Gasteiger partial charge in [-0.1, -0.05) is 36.4 Å². The molecule has 6 nitrogen and oxygen atoms in total. The Morgan fingerprint density at radius 2 is 1.80 bits per heavy atom. The zero-order valence-electron chi connectivity index (χ0n) is 13.8. The van der Waals surface area contributed by atoms with Crippen molar-refractivity contribution in [2.45, 2.75) is 6.04 Å². The number of benzene rings is 2. The largest absolute Gasteiger partial charge is 0.507 e. The quantitative estimate of drug-likeness (QED) is 0.509. The van der Waals surface area contributed by atoms with Gasteiger partial charge in [-0.25, -0.2) is 0 Å². The number of aliphatic hydroxyl groups excluding tert-OH is 1. The summed E-state index contributed by atoms with van der Waals surface area (Å²) in [5.41, 5.74) is 1.00. The summed E-state index contributed by atoms with van der Waals surface area (Å²) in [6.07, 6.45) is 0. The van der Waals surface area contributed by atoms with E-state index >= 15 is 0 Å². The van der Waals surface area contributed by atoms with Gasteiger partial charge in [-0.05, 0) is 17.7 Å². The van der Waals surface area contributed by atoms with Gasteiger partial charge in [-0.15, -0.1) is 0 Å². The first-order valence-electron chi connectivity index (χ1n) is 7.62. The van der Waals surface area contributed by atoms with Crippen LogP contribution in [0.1, 0.15) is 17.2 Å². The van der Waals surface area contributed by atoms with E-state index in [2.05, 4.69) is 0 Å². The summed E-state index contributed by atoms with van der Waals surface area (Å²) in [6.45, 7) is 0. The lowest BCUT2D eigenvalue weighted by Gasteiger charge is -2.21. The number of hydrogen-bond acceptors (Lipinski definition) is 5. The number of hydrogen-bond donors (Lipinski definition) is 2. The predicted molar refractivity (Wildman–Crippen MR) is 91.2 cm³/mol. The fraction of sp³-hybridized carbons (Fsp3) is 0.158. The minimum atomic E-state index is -0.769. The molecule has 1 amide bonds. The van der Waals surface area contributed by atoms with Crippen LogP contribution in [0, 0.1) is 0 Å². The molecular formula is C19H17NO5. The van der Waals surface area contributed by atoms with Gasteiger partial charge in [0.25, 0.3) is 11.7 Å². The van der Waals surface area contributed by atoms with E-state index in [1.807, 2.05) is 0 Å². The van der Waals surface area contributed by atoms with Crippen molar-refractivity contribution in [2.75, 3.05) is 14.2 Å². The van der Waals surface area contributed by atoms with E-state index < -0.39 is 17.7 Å². The number of carbonyl (C=O) groups excluding carboxylic acids is 2. The molecule has 2 aromatic carbocycles. The standard InChI is InChI=1S/C19H17NO5/c1-20-16(12-8-9-13(21)14(10-12)25-2)15(18(23)19(20)24)17(22)11-6-4-3-5-7-11/h3-10,16,21-22H,1-2H3/b17-15-. The molecule has 2 N–H and O–H groups in total. The summed E-state index contributed by atoms with van der Waals surface area (Å²) in [7, 11) is 2.90. The monoisotopic (exact) mass is 339 g/mol. The second-order valence-electron chi connectivity index (χ2n) is 5.71. The van der Waals surface area contributed by atoms with Crippen LogP contribution in [0.3, 0.4) is 0 Å². The number of aromatic hydroxyl groups is 1. The molecule has 0 saturated carbocycles. The Balaban J connectivity index is 2.19. The smallest absolute Gasteiger partial charge is 0.295 e. The summed E-state index contributed by atoms with van der Waals surface area (Å²) in [6, 6.07) is 12.4. The number of phenolic OH excluding ortho intramolecular Hbond substituents is 1. The van der Waals surface area contributed by atoms with E-state index in [0.717, 1.165) is 0 Å². The van der Waals surface area contributed by atoms with E-state index in [0.29, 0.717) is 11.1 Å². The molecule has 6 heteroatoms. The summed E-state index contributed by atoms with van der Waals surface area (Å²) in [5, 5.41) is 20.4. The number of rotatable bonds is 3. The van der Waals surface area contributed by atoms with Crippen molar-refractivity contribution in [1.29, 1.82) is 0 Å². The van der Waals surface area contributed by atoms with Crippen molar-refractivity contribution >= 4 is 17.4 Å². The second kappa shape index (κ2) is 6.32. The molecule has 0 radical (unpaired) electrons. The van der Waals surface area contributed by atoms with Gasteiger partial charge in [-0.2, -0.15) is 0 Å². The third kappa shape index (κ3) is 2.71. The van der Waals surface area contributed by atoms with Gasteiger partial charge in [-0.3, -0.25) is 9.59 Å². The fourth-order valence-electron chi connectivity index (χ4n) is 2.95. The number of ketones is 1. The third-order valence-corrected chi connectivity index (χ3v) is 4.24. The number of likely N-dealkylation sites (N-methyl/N-ethyl adjacent to an activating group) is 1. The lowest BCUT2D eigenvalue weighted by Crippen LogP contribution is -2.24. The topological polar surface area (TPSA) is 87.1 Å². The minimum absolute atomic E-state index is 0.00597. The maximum Gasteiger partial charge on any atom is 0.295 e. The van der Waals surface area contributed by atoms with Crippen LogP contribution in [0.15, 0.2) is 54.1 Å². The van der Waals surface area contributed by atoms with E-state index in [-0.39, 0.29) is 22.8 Å². The SMILES string of the molecule is COc1cc(C2/C(=C(/O)c3ccccc3)C(=O)C(=O)N2C)ccc1O. The average Bonchev–Trinajstić information content (AvgIpc) is 2.86. The number of carbonyl (C=O) groups is 2. The van der Waals surface area contributed by atoms with Crippen molar-refractivity contribution in [2.24, 2.45) is 0 Å². The molecule has 2 aromatic rings. The van der Waals surface area contributed by atoms with Gasteiger partial charge in [0, 0.05) is 12.6 Å². The van der Waals surface area contributed by atoms with Crippen LogP contribution in [0.2, 0.25) is 0 Å². The van der Waals surface area contributed by atoms with Crippen molar-refractivity contribution in [1.82, 2.24) is 4.90 Å². The van der Waals surface area contributed by atoms with Gasteiger partial charge in [0.05, 0.1) is 18.7 Å². The molecule has 1 aliphatic rings. The van der Waals surface area contributed by atoms with Crippen LogP contribution in [-0.2, 0) is 9.59 Å². The number of ether oxygens (including phenoxy) is 1. The van der Waals surface area contributed by atoms with Gasteiger partial charge in [0.1, 0.15) is 5.76 Å². The fourth-order valence-corrected chi connectivity index (χ4v) is 2.95. The summed E-state index contributed by atoms with van der Waals surface area (Å²) in [5.74, 6) is -1.52. The molecule has 3 rings (SSSR count). The summed E-state index contributed by atoms with van der Waals surface area (Å²) < 4.78 is 5.10. The second-order valence-corrected chi connectivity index (χ2v) is 5.71. The minimum Gasteiger partial charge on any atom is -0.507 e. The normalized spacial score (nSPS) is 19.3. The van der Waals surface area contributed by atoms with Crippen molar-refractivity contribution in [3.8, 4) is 11.5 Å². The van der Waals surface area contributed by atoms with Crippen LogP contribution in [-0.4, -0.2) is 41.0 Å². The predicted octanol–water partition coefficient (Wildman–Crippen LogP) is 2.45. The third-order valence-electron chi connectivity index (χ3n) is 4.24. The van der Waals surface area contributed by atoms with Crippen molar-refractivity contribution in [3.05, 3.63) is 65.2 Å². The number of nitrogens with zero attached hydrogens (tertiary/aromatic N) is 1. The molecule has 0 bridgehead atoms. The molecule has 0 spiro atoms. The Labute approximate surface area is 144 Å². The number of aliphatic hydroxyl groups is 1. The maximum absolute atomic E-state index is 12.4. The molecule has 25 heavy (non-hydrogen) atoms. The molecule has 1 heterocycles. The van der Waals surface area contributed by atoms with E-state index in [4.69, 9.17) is 4.74 Å². The Kier molecular flexibility index (Phi) is 4.19. The van der Waals surface area contributed by atoms with Crippen LogP contribution in [0.4, 0.5) is 0 Å². The van der Waals surface area contributed by atoms with Crippen LogP contribution >= 0.6 is 0 Å². The average molecular weight is 339 g/mol. The zero-order chi connectivity index (χ0) is 18.1. The van der Waals surface area contributed by atoms with Gasteiger partial charge < -0.3 is 19.8 Å². The molecule has 1 fully saturated rings. The van der Waals surface area contributed by atoms with Gasteiger partial charge in [0.15, 0.2) is 11.5 Å². The molecule has 128 valence electrons. The molecule has 1 unspecified atom stereocenters. The highest BCUT2D eigenvalue weighted by Crippen LogP contribution is 2.40. The van der Waals surface area contributed by atoms with Crippen molar-refractivity contribution in [3.63, 3.8) is 0 Å². The van der Waals surface area contributed by atoms with Crippen LogP contribution < -0.4 is 4.74 Å². The number of phenols is 1. The highest BCUT2D eigenvalue weighted by Gasteiger charge is 2.44. The molecular weight excluding hydrogens is 322 g/mol. The maximum atomic E-state index is 12.4. The van der Waals surface area contributed by atoms with Crippen molar-refractivity contribution < 1.29 is 24.5 Å². The molecule has 1 atom stereocenters. The van der Waals surface area contributed by atoms with E-state index in [1.165, 1.54) is 25.1 Å². The van der Waals surface area contributed by atoms with E-state index in [9.17, 15) is 19.8 Å². The highest BCUT2D eigenvalue weighted by atomic mass is 16.5. The zero-order valence-corrected chi connectivity index (χ0v) is 13.8. The summed E-state index contributed by atoms with van der Waals surface area (Å²) in [4.78, 5) is 25.9. The molecule has 1 saturated heterocycles. The lowest BCUT2D eigenvalue weighted by molar-refractivity contribution is -0.139. The Morgan fingerprint density at radius 3 is 2.44 bits per heavy atom. The highest BCUT2D eigenvalue weighted by molar-refractivity contribution is 6.46. The van der Waals surface area contributed by atoms with E-state index in [1.54, 1.807) is 42.5 Å². The number of methoxy groups -OCH3 is 1. The first kappa shape index (κ1) is 16.6. The van der Waals surface area contributed by atoms with Crippen LogP contribution in [0.5, 0.6) is 11.5 Å². The molecule has 0 aliphatic carbocycles. The lowest BCUT2D eigenvalue weighted by atomic mass is 9.95. The molecule has 0 aromatic heterocycles. The Bertz CT molecular complexity index is 873. The first-order chi connectivity index (χ1) is 12.0.